The normalized spacial score (nSPS) is 11.4. The topological polar surface area (TPSA) is 42.9 Å². The zero-order chi connectivity index (χ0) is 24.2. The van der Waals surface area contributed by atoms with Gasteiger partial charge in [-0.2, -0.15) is 0 Å². The summed E-state index contributed by atoms with van der Waals surface area (Å²) in [6.07, 6.45) is 2.34. The lowest BCUT2D eigenvalue weighted by molar-refractivity contribution is -0.458. The highest BCUT2D eigenvalue weighted by atomic mass is 33.7. The minimum absolute atomic E-state index is 0.0521. The first-order chi connectivity index (χ1) is 15.4. The molecule has 0 aromatic rings. The average molecular weight is 595 g/mol. The van der Waals surface area contributed by atoms with Gasteiger partial charge < -0.3 is 18.9 Å². The molecular formula is C18H38N2O4S6Si2+2. The number of nitrogens with zero attached hydrogens (tertiary/aromatic N) is 2. The minimum atomic E-state index is -0.0521. The van der Waals surface area contributed by atoms with Gasteiger partial charge in [0, 0.05) is 61.5 Å². The van der Waals surface area contributed by atoms with Gasteiger partial charge in [-0.25, -0.2) is 9.15 Å². The molecule has 14 heteroatoms. The van der Waals surface area contributed by atoms with Crippen molar-refractivity contribution in [2.24, 2.45) is 0 Å². The summed E-state index contributed by atoms with van der Waals surface area (Å²) in [4.78, 5) is 0. The van der Waals surface area contributed by atoms with E-state index in [1.54, 1.807) is 28.4 Å². The molecule has 0 aromatic carbocycles. The Hall–Kier alpha value is 1.71. The Balaban J connectivity index is 4.12. The van der Waals surface area contributed by atoms with Crippen molar-refractivity contribution in [3.05, 3.63) is 0 Å². The SMILES string of the molecule is COC(OC)[Si]CCCSC(SSSSC(SCCC[Si]C(OC)OC)=[N+](C)C)=[N+](C)C. The second-order valence-corrected chi connectivity index (χ2v) is 17.6. The fourth-order valence-corrected chi connectivity index (χ4v) is 14.0. The van der Waals surface area contributed by atoms with Crippen LogP contribution in [0.4, 0.5) is 0 Å². The van der Waals surface area contributed by atoms with E-state index in [4.69, 9.17) is 18.9 Å². The van der Waals surface area contributed by atoms with Crippen LogP contribution in [0.3, 0.4) is 0 Å². The van der Waals surface area contributed by atoms with E-state index in [1.807, 2.05) is 64.8 Å². The van der Waals surface area contributed by atoms with Crippen LogP contribution in [0.25, 0.3) is 0 Å². The summed E-state index contributed by atoms with van der Waals surface area (Å²) < 4.78 is 28.2. The fraction of sp³-hybridized carbons (Fsp3) is 0.889. The van der Waals surface area contributed by atoms with Crippen molar-refractivity contribution in [2.75, 3.05) is 68.1 Å². The minimum Gasteiger partial charge on any atom is -0.360 e. The Morgan fingerprint density at radius 1 is 0.656 bits per heavy atom. The van der Waals surface area contributed by atoms with Gasteiger partial charge in [-0.05, 0) is 56.0 Å². The Bertz CT molecular complexity index is 488. The fourth-order valence-electron chi connectivity index (χ4n) is 1.97. The molecule has 0 spiro atoms. The molecule has 4 radical (unpaired) electrons. The van der Waals surface area contributed by atoms with Crippen LogP contribution in [0.2, 0.25) is 12.1 Å². The second kappa shape index (κ2) is 23.1. The van der Waals surface area contributed by atoms with Crippen molar-refractivity contribution in [2.45, 2.75) is 36.8 Å². The van der Waals surface area contributed by atoms with Crippen molar-refractivity contribution in [3.63, 3.8) is 0 Å². The number of rotatable bonds is 17. The summed E-state index contributed by atoms with van der Waals surface area (Å²) >= 11 is 3.86. The smallest absolute Gasteiger partial charge is 0.281 e. The van der Waals surface area contributed by atoms with Crippen molar-refractivity contribution in [3.8, 4) is 0 Å². The van der Waals surface area contributed by atoms with E-state index in [9.17, 15) is 0 Å². The van der Waals surface area contributed by atoms with E-state index in [2.05, 4.69) is 37.3 Å². The highest BCUT2D eigenvalue weighted by molar-refractivity contribution is 9.30. The molecule has 0 atom stereocenters. The zero-order valence-corrected chi connectivity index (χ0v) is 27.3. The Labute approximate surface area is 224 Å². The highest BCUT2D eigenvalue weighted by Gasteiger charge is 2.16. The van der Waals surface area contributed by atoms with Crippen LogP contribution in [0.1, 0.15) is 12.8 Å². The van der Waals surface area contributed by atoms with E-state index < -0.39 is 0 Å². The molecule has 0 saturated heterocycles. The lowest BCUT2D eigenvalue weighted by Crippen LogP contribution is -2.21. The van der Waals surface area contributed by atoms with Gasteiger partial charge in [-0.3, -0.25) is 0 Å². The lowest BCUT2D eigenvalue weighted by atomic mass is 10.6. The van der Waals surface area contributed by atoms with E-state index >= 15 is 0 Å². The first kappa shape index (κ1) is 33.7. The molecule has 0 bridgehead atoms. The predicted molar refractivity (Wildman–Crippen MR) is 155 cm³/mol. The average Bonchev–Trinajstić information content (AvgIpc) is 2.78. The standard InChI is InChI=1S/C18H38N2O4S6Si2/c1-19(2)15(25-11-9-13-31-17(21-5)22-6)27-29-30-28-16(20(3)4)26-12-10-14-32-18(23-7)24-8/h17-18H,9-14H2,1-8H3/q+2. The number of hydrogen-bond donors (Lipinski definition) is 0. The lowest BCUT2D eigenvalue weighted by Gasteiger charge is -2.11. The van der Waals surface area contributed by atoms with E-state index in [-0.39, 0.29) is 11.8 Å². The third-order valence-corrected chi connectivity index (χ3v) is 16.4. The number of hydrogen-bond acceptors (Lipinski definition) is 10. The Kier molecular flexibility index (Phi) is 24.4. The summed E-state index contributed by atoms with van der Waals surface area (Å²) in [5, 5.41) is 0. The van der Waals surface area contributed by atoms with Crippen LogP contribution in [0, 0.1) is 0 Å². The highest BCUT2D eigenvalue weighted by Crippen LogP contribution is 2.47. The molecule has 0 saturated carbocycles. The third kappa shape index (κ3) is 18.0. The van der Waals surface area contributed by atoms with Crippen LogP contribution in [-0.4, -0.2) is 117 Å². The maximum absolute atomic E-state index is 5.26. The van der Waals surface area contributed by atoms with Gasteiger partial charge in [-0.15, -0.1) is 0 Å². The Morgan fingerprint density at radius 3 is 1.28 bits per heavy atom. The molecule has 0 heterocycles. The van der Waals surface area contributed by atoms with E-state index in [0.717, 1.165) is 23.6 Å². The largest absolute Gasteiger partial charge is 0.360 e. The second-order valence-electron chi connectivity index (χ2n) is 6.54. The summed E-state index contributed by atoms with van der Waals surface area (Å²) in [6, 6.07) is 2.28. The predicted octanol–water partition coefficient (Wildman–Crippen LogP) is 4.56. The maximum atomic E-state index is 5.26. The molecule has 0 aliphatic rings. The molecule has 0 aromatic heterocycles. The van der Waals surface area contributed by atoms with Crippen LogP contribution >= 0.6 is 64.8 Å². The number of methoxy groups -OCH3 is 4. The van der Waals surface area contributed by atoms with Crippen LogP contribution in [-0.2, 0) is 18.9 Å². The zero-order valence-electron chi connectivity index (χ0n) is 20.4. The molecule has 6 nitrogen and oxygen atoms in total. The maximum Gasteiger partial charge on any atom is 0.281 e. The van der Waals surface area contributed by atoms with Gasteiger partial charge in [0.2, 0.25) is 0 Å². The van der Waals surface area contributed by atoms with Crippen molar-refractivity contribution >= 4 is 92.6 Å². The van der Waals surface area contributed by atoms with Crippen LogP contribution in [0.15, 0.2) is 0 Å². The van der Waals surface area contributed by atoms with Gasteiger partial charge >= 0.3 is 0 Å². The van der Waals surface area contributed by atoms with Gasteiger partial charge in [-0.1, -0.05) is 12.1 Å². The molecule has 0 amide bonds. The molecule has 0 rings (SSSR count). The molecule has 0 unspecified atom stereocenters. The monoisotopic (exact) mass is 594 g/mol. The Morgan fingerprint density at radius 2 is 1.00 bits per heavy atom. The van der Waals surface area contributed by atoms with Gasteiger partial charge in [0.05, 0.1) is 0 Å². The number of thioether (sulfide) groups is 2. The summed E-state index contributed by atoms with van der Waals surface area (Å²) in [5.74, 6) is 2.13. The first-order valence-electron chi connectivity index (χ1n) is 9.99. The van der Waals surface area contributed by atoms with Gasteiger partial charge in [0.1, 0.15) is 59.1 Å². The molecular weight excluding hydrogens is 557 g/mol. The molecule has 32 heavy (non-hydrogen) atoms. The molecule has 0 fully saturated rings. The summed E-state index contributed by atoms with van der Waals surface area (Å²) in [7, 11) is 24.0. The molecule has 0 aliphatic carbocycles. The molecule has 0 N–H and O–H groups in total. The third-order valence-electron chi connectivity index (χ3n) is 3.54. The van der Waals surface area contributed by atoms with E-state index in [1.165, 1.54) is 21.6 Å². The van der Waals surface area contributed by atoms with Crippen molar-refractivity contribution < 1.29 is 28.1 Å². The number of ether oxygens (including phenoxy) is 4. The molecule has 186 valence electrons. The molecule has 0 aliphatic heterocycles. The van der Waals surface area contributed by atoms with Crippen LogP contribution in [0.5, 0.6) is 0 Å². The summed E-state index contributed by atoms with van der Waals surface area (Å²) in [5.41, 5.74) is 0. The van der Waals surface area contributed by atoms with Crippen molar-refractivity contribution in [1.82, 2.24) is 0 Å². The van der Waals surface area contributed by atoms with Crippen molar-refractivity contribution in [1.29, 1.82) is 0 Å². The van der Waals surface area contributed by atoms with Gasteiger partial charge in [0.15, 0.2) is 0 Å². The van der Waals surface area contributed by atoms with E-state index in [0.29, 0.717) is 19.0 Å². The van der Waals surface area contributed by atoms with Crippen LogP contribution < -0.4 is 0 Å². The summed E-state index contributed by atoms with van der Waals surface area (Å²) in [6.45, 7) is 0. The first-order valence-corrected chi connectivity index (χ1v) is 19.3. The quantitative estimate of drug-likeness (QED) is 0.0455. The van der Waals surface area contributed by atoms with Gasteiger partial charge in [0.25, 0.3) is 8.75 Å².